The van der Waals surface area contributed by atoms with Crippen LogP contribution in [0.15, 0.2) is 42.5 Å². The summed E-state index contributed by atoms with van der Waals surface area (Å²) in [4.78, 5) is 14.7. The molecule has 0 aliphatic carbocycles. The molecule has 4 rings (SSSR count). The number of methoxy groups -OCH3 is 1. The fourth-order valence-corrected chi connectivity index (χ4v) is 4.10. The van der Waals surface area contributed by atoms with Crippen LogP contribution in [0, 0.1) is 11.6 Å². The van der Waals surface area contributed by atoms with Gasteiger partial charge in [-0.1, -0.05) is 12.1 Å². The Kier molecular flexibility index (Phi) is 6.26. The molecule has 0 bridgehead atoms. The quantitative estimate of drug-likeness (QED) is 0.700. The summed E-state index contributed by atoms with van der Waals surface area (Å²) >= 11 is 0. The zero-order valence-corrected chi connectivity index (χ0v) is 16.8. The van der Waals surface area contributed by atoms with Gasteiger partial charge >= 0.3 is 0 Å². The second-order valence-electron chi connectivity index (χ2n) is 7.78. The number of hydrogen-bond donors (Lipinski definition) is 3. The van der Waals surface area contributed by atoms with Crippen molar-refractivity contribution in [2.24, 2.45) is 0 Å². The number of ether oxygens (including phenoxy) is 1. The summed E-state index contributed by atoms with van der Waals surface area (Å²) < 4.78 is 31.6. The van der Waals surface area contributed by atoms with Gasteiger partial charge < -0.3 is 10.1 Å². The molecule has 0 radical (unpaired) electrons. The normalized spacial score (nSPS) is 22.8. The van der Waals surface area contributed by atoms with Crippen LogP contribution in [0.4, 0.5) is 8.78 Å². The second-order valence-corrected chi connectivity index (χ2v) is 7.78. The minimum atomic E-state index is -1.01. The number of carbonyl (C=O) groups is 1. The van der Waals surface area contributed by atoms with Crippen molar-refractivity contribution in [1.29, 1.82) is 0 Å². The third kappa shape index (κ3) is 4.61. The van der Waals surface area contributed by atoms with E-state index in [1.807, 2.05) is 12.1 Å². The molecule has 1 amide bonds. The number of benzene rings is 2. The molecular weight excluding hydrogens is 390 g/mol. The molecule has 3 N–H and O–H groups in total. The highest BCUT2D eigenvalue weighted by Crippen LogP contribution is 2.27. The minimum Gasteiger partial charge on any atom is -0.497 e. The van der Waals surface area contributed by atoms with Crippen LogP contribution in [0.5, 0.6) is 5.75 Å². The molecule has 2 aromatic carbocycles. The summed E-state index contributed by atoms with van der Waals surface area (Å²) in [7, 11) is 1.66. The van der Waals surface area contributed by atoms with Crippen LogP contribution in [0.25, 0.3) is 0 Å². The predicted molar refractivity (Wildman–Crippen MR) is 109 cm³/mol. The zero-order valence-electron chi connectivity index (χ0n) is 16.8. The van der Waals surface area contributed by atoms with Crippen LogP contribution >= 0.6 is 0 Å². The van der Waals surface area contributed by atoms with Gasteiger partial charge in [0.1, 0.15) is 5.75 Å². The number of likely N-dealkylation sites (tertiary alicyclic amines) is 1. The van der Waals surface area contributed by atoms with E-state index in [4.69, 9.17) is 4.74 Å². The molecule has 0 saturated carbocycles. The van der Waals surface area contributed by atoms with Gasteiger partial charge in [-0.25, -0.2) is 19.6 Å². The van der Waals surface area contributed by atoms with Crippen LogP contribution in [-0.4, -0.2) is 43.2 Å². The number of nitrogens with zero attached hydrogens (tertiary/aromatic N) is 1. The molecule has 0 aromatic heterocycles. The lowest BCUT2D eigenvalue weighted by atomic mass is 10.0. The number of hydrogen-bond acceptors (Lipinski definition) is 5. The van der Waals surface area contributed by atoms with Crippen LogP contribution in [0.1, 0.15) is 41.2 Å². The van der Waals surface area contributed by atoms with Gasteiger partial charge in [-0.15, -0.1) is 0 Å². The molecule has 2 fully saturated rings. The first-order chi connectivity index (χ1) is 14.5. The number of nitrogens with one attached hydrogen (secondary N) is 3. The minimum absolute atomic E-state index is 0.0219. The van der Waals surface area contributed by atoms with Crippen LogP contribution < -0.4 is 20.9 Å². The largest absolute Gasteiger partial charge is 0.497 e. The summed E-state index contributed by atoms with van der Waals surface area (Å²) in [6, 6.07) is 11.5. The first-order valence-corrected chi connectivity index (χ1v) is 10.2. The molecule has 2 heterocycles. The Labute approximate surface area is 174 Å². The van der Waals surface area contributed by atoms with Gasteiger partial charge in [0.15, 0.2) is 11.6 Å². The molecule has 2 atom stereocenters. The number of halogens is 2. The smallest absolute Gasteiger partial charge is 0.251 e. The van der Waals surface area contributed by atoms with E-state index in [0.717, 1.165) is 50.2 Å². The van der Waals surface area contributed by atoms with E-state index in [2.05, 4.69) is 33.2 Å². The molecule has 2 aliphatic rings. The molecule has 6 nitrogen and oxygen atoms in total. The SMILES string of the molecule is COc1ccc(C2CC(N3CCC(NC(=O)c4ccc(F)c(F)c4)CC3)NN2)cc1. The molecule has 2 aliphatic heterocycles. The van der Waals surface area contributed by atoms with Gasteiger partial charge in [-0.05, 0) is 55.2 Å². The Bertz CT molecular complexity index is 885. The van der Waals surface area contributed by atoms with Crippen molar-refractivity contribution in [2.75, 3.05) is 20.2 Å². The lowest BCUT2D eigenvalue weighted by Crippen LogP contribution is -2.51. The van der Waals surface area contributed by atoms with Crippen LogP contribution in [0.3, 0.4) is 0 Å². The van der Waals surface area contributed by atoms with Gasteiger partial charge in [0.2, 0.25) is 0 Å². The lowest BCUT2D eigenvalue weighted by molar-refractivity contribution is 0.0879. The number of carbonyl (C=O) groups excluding carboxylic acids is 1. The average Bonchev–Trinajstić information content (AvgIpc) is 3.26. The first-order valence-electron chi connectivity index (χ1n) is 10.2. The van der Waals surface area contributed by atoms with E-state index in [0.29, 0.717) is 0 Å². The van der Waals surface area contributed by atoms with Crippen molar-refractivity contribution in [1.82, 2.24) is 21.1 Å². The maximum atomic E-state index is 13.4. The molecule has 8 heteroatoms. The Morgan fingerprint density at radius 1 is 1.07 bits per heavy atom. The molecule has 2 unspecified atom stereocenters. The summed E-state index contributed by atoms with van der Waals surface area (Å²) in [5.41, 5.74) is 8.09. The molecule has 30 heavy (non-hydrogen) atoms. The Hall–Kier alpha value is -2.55. The molecule has 2 saturated heterocycles. The fourth-order valence-electron chi connectivity index (χ4n) is 4.10. The number of hydrazine groups is 1. The van der Waals surface area contributed by atoms with E-state index in [1.54, 1.807) is 7.11 Å². The third-order valence-electron chi connectivity index (χ3n) is 5.89. The number of amides is 1. The number of rotatable bonds is 5. The zero-order chi connectivity index (χ0) is 21.1. The van der Waals surface area contributed by atoms with Crippen LogP contribution in [-0.2, 0) is 0 Å². The van der Waals surface area contributed by atoms with Crippen molar-refractivity contribution in [3.63, 3.8) is 0 Å². The van der Waals surface area contributed by atoms with E-state index >= 15 is 0 Å². The van der Waals surface area contributed by atoms with Gasteiger partial charge in [0.05, 0.1) is 13.3 Å². The van der Waals surface area contributed by atoms with E-state index in [-0.39, 0.29) is 29.7 Å². The number of piperidine rings is 1. The average molecular weight is 416 g/mol. The van der Waals surface area contributed by atoms with Crippen molar-refractivity contribution in [3.05, 3.63) is 65.2 Å². The van der Waals surface area contributed by atoms with Crippen molar-refractivity contribution in [2.45, 2.75) is 37.5 Å². The second kappa shape index (κ2) is 9.07. The van der Waals surface area contributed by atoms with Gasteiger partial charge in [0.25, 0.3) is 5.91 Å². The van der Waals surface area contributed by atoms with Gasteiger partial charge in [-0.2, -0.15) is 0 Å². The predicted octanol–water partition coefficient (Wildman–Crippen LogP) is 2.73. The van der Waals surface area contributed by atoms with E-state index in [9.17, 15) is 13.6 Å². The Balaban J connectivity index is 1.26. The summed E-state index contributed by atoms with van der Waals surface area (Å²) in [5, 5.41) is 2.94. The highest BCUT2D eigenvalue weighted by Gasteiger charge is 2.32. The Morgan fingerprint density at radius 2 is 1.80 bits per heavy atom. The highest BCUT2D eigenvalue weighted by atomic mass is 19.2. The lowest BCUT2D eigenvalue weighted by Gasteiger charge is -2.35. The van der Waals surface area contributed by atoms with Crippen molar-refractivity contribution >= 4 is 5.91 Å². The summed E-state index contributed by atoms with van der Waals surface area (Å²) in [6.07, 6.45) is 2.78. The standard InChI is InChI=1S/C22H26F2N4O2/c1-30-17-5-2-14(3-6-17)20-13-21(27-26-20)28-10-8-16(9-11-28)25-22(29)15-4-7-18(23)19(24)12-15/h2-7,12,16,20-21,26-27H,8-11,13H2,1H3,(H,25,29). The topological polar surface area (TPSA) is 65.6 Å². The van der Waals surface area contributed by atoms with E-state index in [1.165, 1.54) is 11.6 Å². The first kappa shape index (κ1) is 20.7. The third-order valence-corrected chi connectivity index (χ3v) is 5.89. The maximum Gasteiger partial charge on any atom is 0.251 e. The van der Waals surface area contributed by atoms with Crippen molar-refractivity contribution in [3.8, 4) is 5.75 Å². The maximum absolute atomic E-state index is 13.4. The highest BCUT2D eigenvalue weighted by molar-refractivity contribution is 5.94. The van der Waals surface area contributed by atoms with Crippen LogP contribution in [0.2, 0.25) is 0 Å². The molecule has 0 spiro atoms. The Morgan fingerprint density at radius 3 is 2.47 bits per heavy atom. The molecular formula is C22H26F2N4O2. The monoisotopic (exact) mass is 416 g/mol. The molecule has 2 aromatic rings. The summed E-state index contributed by atoms with van der Waals surface area (Å²) in [6.45, 7) is 1.69. The van der Waals surface area contributed by atoms with Gasteiger partial charge in [0, 0.05) is 30.7 Å². The van der Waals surface area contributed by atoms with E-state index < -0.39 is 11.6 Å². The summed E-state index contributed by atoms with van der Waals surface area (Å²) in [5.74, 6) is -1.49. The van der Waals surface area contributed by atoms with Crippen molar-refractivity contribution < 1.29 is 18.3 Å². The van der Waals surface area contributed by atoms with Gasteiger partial charge in [-0.3, -0.25) is 9.69 Å². The fraction of sp³-hybridized carbons (Fsp3) is 0.409. The molecule has 160 valence electrons.